The van der Waals surface area contributed by atoms with Crippen molar-refractivity contribution in [2.75, 3.05) is 17.7 Å². The van der Waals surface area contributed by atoms with Crippen LogP contribution in [0.4, 0.5) is 5.95 Å². The molecule has 0 fully saturated rings. The lowest BCUT2D eigenvalue weighted by atomic mass is 10.4. The quantitative estimate of drug-likeness (QED) is 0.623. The van der Waals surface area contributed by atoms with E-state index >= 15 is 0 Å². The van der Waals surface area contributed by atoms with Crippen LogP contribution in [0.15, 0.2) is 10.1 Å². The van der Waals surface area contributed by atoms with Crippen LogP contribution >= 0.6 is 23.5 Å². The van der Waals surface area contributed by atoms with E-state index in [1.165, 1.54) is 23.5 Å². The van der Waals surface area contributed by atoms with Crippen LogP contribution in [0.1, 0.15) is 19.4 Å². The van der Waals surface area contributed by atoms with Crippen LogP contribution in [-0.2, 0) is 4.79 Å². The van der Waals surface area contributed by atoms with E-state index < -0.39 is 0 Å². The molecule has 1 aromatic heterocycles. The molecule has 0 aromatic carbocycles. The molecule has 0 aliphatic carbocycles. The SMILES string of the molecule is CSc1nc(N)nc(SCC(=O)NC(C)C)c1C#N. The Morgan fingerprint density at radius 3 is 2.63 bits per heavy atom. The van der Waals surface area contributed by atoms with Gasteiger partial charge >= 0.3 is 0 Å². The van der Waals surface area contributed by atoms with Gasteiger partial charge in [-0.1, -0.05) is 11.8 Å². The minimum Gasteiger partial charge on any atom is -0.368 e. The molecule has 1 rings (SSSR count). The molecular formula is C11H15N5OS2. The molecule has 0 unspecified atom stereocenters. The van der Waals surface area contributed by atoms with Gasteiger partial charge in [-0.05, 0) is 20.1 Å². The van der Waals surface area contributed by atoms with Crippen molar-refractivity contribution < 1.29 is 4.79 Å². The van der Waals surface area contributed by atoms with Gasteiger partial charge in [0.15, 0.2) is 0 Å². The zero-order valence-corrected chi connectivity index (χ0v) is 12.6. The maximum Gasteiger partial charge on any atom is 0.230 e. The first-order chi connectivity index (χ1) is 8.97. The van der Waals surface area contributed by atoms with Crippen molar-refractivity contribution in [3.8, 4) is 6.07 Å². The number of carbonyl (C=O) groups is 1. The number of carbonyl (C=O) groups excluding carboxylic acids is 1. The third-order valence-electron chi connectivity index (χ3n) is 1.95. The van der Waals surface area contributed by atoms with Crippen LogP contribution in [0.2, 0.25) is 0 Å². The summed E-state index contributed by atoms with van der Waals surface area (Å²) in [4.78, 5) is 19.6. The summed E-state index contributed by atoms with van der Waals surface area (Å²) >= 11 is 2.51. The summed E-state index contributed by atoms with van der Waals surface area (Å²) in [6.07, 6.45) is 1.81. The Kier molecular flexibility index (Phi) is 5.92. The predicted molar refractivity (Wildman–Crippen MR) is 76.9 cm³/mol. The Morgan fingerprint density at radius 2 is 2.11 bits per heavy atom. The highest BCUT2D eigenvalue weighted by Crippen LogP contribution is 2.27. The third kappa shape index (κ3) is 4.61. The molecule has 0 saturated heterocycles. The summed E-state index contributed by atoms with van der Waals surface area (Å²) in [5.74, 6) is 0.193. The third-order valence-corrected chi connectivity index (χ3v) is 3.61. The number of aromatic nitrogens is 2. The topological polar surface area (TPSA) is 105 Å². The number of anilines is 1. The van der Waals surface area contributed by atoms with Gasteiger partial charge < -0.3 is 11.1 Å². The number of hydrogen-bond donors (Lipinski definition) is 2. The lowest BCUT2D eigenvalue weighted by Gasteiger charge is -2.09. The van der Waals surface area contributed by atoms with Gasteiger partial charge in [-0.2, -0.15) is 5.26 Å². The molecule has 1 heterocycles. The van der Waals surface area contributed by atoms with E-state index in [9.17, 15) is 4.79 Å². The highest BCUT2D eigenvalue weighted by atomic mass is 32.2. The zero-order chi connectivity index (χ0) is 14.4. The summed E-state index contributed by atoms with van der Waals surface area (Å²) in [6, 6.07) is 2.14. The van der Waals surface area contributed by atoms with Gasteiger partial charge in [0.1, 0.15) is 21.7 Å². The first-order valence-corrected chi connectivity index (χ1v) is 7.72. The van der Waals surface area contributed by atoms with E-state index in [0.717, 1.165) is 0 Å². The Morgan fingerprint density at radius 1 is 1.47 bits per heavy atom. The predicted octanol–water partition coefficient (Wildman–Crippen LogP) is 1.27. The van der Waals surface area contributed by atoms with Gasteiger partial charge in [0, 0.05) is 6.04 Å². The molecule has 0 saturated carbocycles. The molecule has 102 valence electrons. The van der Waals surface area contributed by atoms with Gasteiger partial charge in [0.25, 0.3) is 0 Å². The van der Waals surface area contributed by atoms with Crippen LogP contribution in [0, 0.1) is 11.3 Å². The molecule has 0 aliphatic rings. The fourth-order valence-corrected chi connectivity index (χ4v) is 2.67. The van der Waals surface area contributed by atoms with Crippen LogP contribution in [0.25, 0.3) is 0 Å². The Labute approximate surface area is 120 Å². The lowest BCUT2D eigenvalue weighted by molar-refractivity contribution is -0.119. The van der Waals surface area contributed by atoms with Crippen LogP contribution in [0.5, 0.6) is 0 Å². The van der Waals surface area contributed by atoms with E-state index in [2.05, 4.69) is 21.4 Å². The molecule has 0 bridgehead atoms. The average molecular weight is 297 g/mol. The Bertz CT molecular complexity index is 513. The largest absolute Gasteiger partial charge is 0.368 e. The van der Waals surface area contributed by atoms with Gasteiger partial charge in [0.2, 0.25) is 11.9 Å². The summed E-state index contributed by atoms with van der Waals surface area (Å²) in [6.45, 7) is 3.77. The van der Waals surface area contributed by atoms with Crippen molar-refractivity contribution in [2.24, 2.45) is 0 Å². The molecule has 0 spiro atoms. The van der Waals surface area contributed by atoms with Crippen LogP contribution < -0.4 is 11.1 Å². The van der Waals surface area contributed by atoms with Crippen molar-refractivity contribution in [3.63, 3.8) is 0 Å². The summed E-state index contributed by atoms with van der Waals surface area (Å²) < 4.78 is 0. The number of thioether (sulfide) groups is 2. The van der Waals surface area contributed by atoms with Gasteiger partial charge in [-0.3, -0.25) is 4.79 Å². The van der Waals surface area contributed by atoms with Crippen molar-refractivity contribution in [1.29, 1.82) is 5.26 Å². The molecule has 6 nitrogen and oxygen atoms in total. The molecule has 1 amide bonds. The molecule has 0 atom stereocenters. The van der Waals surface area contributed by atoms with E-state index in [-0.39, 0.29) is 23.7 Å². The van der Waals surface area contributed by atoms with E-state index in [4.69, 9.17) is 11.0 Å². The number of nitrogens with one attached hydrogen (secondary N) is 1. The summed E-state index contributed by atoms with van der Waals surface area (Å²) in [5.41, 5.74) is 5.95. The highest BCUT2D eigenvalue weighted by molar-refractivity contribution is 8.00. The zero-order valence-electron chi connectivity index (χ0n) is 10.9. The molecular weight excluding hydrogens is 282 g/mol. The normalized spacial score (nSPS) is 10.3. The number of nitrogens with two attached hydrogens (primary N) is 1. The molecule has 0 aliphatic heterocycles. The van der Waals surface area contributed by atoms with Gasteiger partial charge in [-0.25, -0.2) is 9.97 Å². The molecule has 19 heavy (non-hydrogen) atoms. The van der Waals surface area contributed by atoms with Crippen LogP contribution in [0.3, 0.4) is 0 Å². The molecule has 3 N–H and O–H groups in total. The average Bonchev–Trinajstić information content (AvgIpc) is 2.34. The minimum atomic E-state index is -0.105. The number of nitriles is 1. The van der Waals surface area contributed by atoms with Gasteiger partial charge in [0.05, 0.1) is 5.75 Å². The van der Waals surface area contributed by atoms with Crippen LogP contribution in [-0.4, -0.2) is 33.9 Å². The van der Waals surface area contributed by atoms with E-state index in [1.54, 1.807) is 0 Å². The second kappa shape index (κ2) is 7.21. The van der Waals surface area contributed by atoms with Crippen molar-refractivity contribution in [2.45, 2.75) is 29.9 Å². The minimum absolute atomic E-state index is 0.0840. The Hall–Kier alpha value is -1.46. The number of nitrogens with zero attached hydrogens (tertiary/aromatic N) is 3. The first kappa shape index (κ1) is 15.6. The summed E-state index contributed by atoms with van der Waals surface area (Å²) in [5, 5.41) is 12.9. The maximum absolute atomic E-state index is 11.6. The smallest absolute Gasteiger partial charge is 0.230 e. The van der Waals surface area contributed by atoms with Crippen molar-refractivity contribution in [3.05, 3.63) is 5.56 Å². The number of nitrogen functional groups attached to an aromatic ring is 1. The second-order valence-electron chi connectivity index (χ2n) is 3.89. The summed E-state index contributed by atoms with van der Waals surface area (Å²) in [7, 11) is 0. The number of rotatable bonds is 5. The fraction of sp³-hybridized carbons (Fsp3) is 0.455. The van der Waals surface area contributed by atoms with Gasteiger partial charge in [-0.15, -0.1) is 11.8 Å². The standard InChI is InChI=1S/C11H15N5OS2/c1-6(2)14-8(17)5-19-10-7(4-12)9(18-3)15-11(13)16-10/h6H,5H2,1-3H3,(H,14,17)(H2,13,15,16). The van der Waals surface area contributed by atoms with Crippen molar-refractivity contribution >= 4 is 35.4 Å². The highest BCUT2D eigenvalue weighted by Gasteiger charge is 2.15. The van der Waals surface area contributed by atoms with Crippen molar-refractivity contribution in [1.82, 2.24) is 15.3 Å². The molecule has 0 radical (unpaired) electrons. The molecule has 1 aromatic rings. The van der Waals surface area contributed by atoms with E-state index in [1.807, 2.05) is 20.1 Å². The second-order valence-corrected chi connectivity index (χ2v) is 5.65. The number of hydrogen-bond acceptors (Lipinski definition) is 7. The maximum atomic E-state index is 11.6. The number of amides is 1. The first-order valence-electron chi connectivity index (χ1n) is 5.51. The van der Waals surface area contributed by atoms with E-state index in [0.29, 0.717) is 15.6 Å². The molecule has 8 heteroatoms. The lowest BCUT2D eigenvalue weighted by Crippen LogP contribution is -2.31. The monoisotopic (exact) mass is 297 g/mol. The fourth-order valence-electron chi connectivity index (χ4n) is 1.28. The Balaban J connectivity index is 2.86.